The molecule has 0 aliphatic carbocycles. The standard InChI is InChI=1S/C17H14Cl2N2O4S/c18-12-4-5-16(13(19)10-12)26(24,25)21-8-6-11(7-9-21)14-2-1-3-15(20-14)17(22)23/h1-6,10H,7-9H2,(H,22,23). The summed E-state index contributed by atoms with van der Waals surface area (Å²) in [6, 6.07) is 8.99. The fourth-order valence-electron chi connectivity index (χ4n) is 2.66. The number of benzene rings is 1. The largest absolute Gasteiger partial charge is 0.477 e. The van der Waals surface area contributed by atoms with Crippen LogP contribution in [0.4, 0.5) is 0 Å². The Hall–Kier alpha value is -1.93. The monoisotopic (exact) mass is 412 g/mol. The van der Waals surface area contributed by atoms with Gasteiger partial charge in [-0.15, -0.1) is 0 Å². The number of carboxylic acids is 1. The molecular weight excluding hydrogens is 399 g/mol. The van der Waals surface area contributed by atoms with Gasteiger partial charge in [-0.2, -0.15) is 4.31 Å². The van der Waals surface area contributed by atoms with E-state index in [1.807, 2.05) is 0 Å². The Labute approximate surface area is 160 Å². The molecule has 1 aromatic heterocycles. The maximum atomic E-state index is 12.8. The van der Waals surface area contributed by atoms with Gasteiger partial charge < -0.3 is 5.11 Å². The summed E-state index contributed by atoms with van der Waals surface area (Å²) >= 11 is 11.9. The SMILES string of the molecule is O=C(O)c1cccc(C2=CCN(S(=O)(=O)c3ccc(Cl)cc3Cl)CC2)n1. The molecule has 2 aromatic rings. The number of rotatable bonds is 4. The van der Waals surface area contributed by atoms with Crippen molar-refractivity contribution in [2.24, 2.45) is 0 Å². The van der Waals surface area contributed by atoms with E-state index in [-0.39, 0.29) is 28.7 Å². The van der Waals surface area contributed by atoms with E-state index in [2.05, 4.69) is 4.98 Å². The zero-order valence-corrected chi connectivity index (χ0v) is 15.7. The number of pyridine rings is 1. The van der Waals surface area contributed by atoms with E-state index in [1.165, 1.54) is 28.6 Å². The number of carbonyl (C=O) groups is 1. The lowest BCUT2D eigenvalue weighted by Gasteiger charge is -2.26. The average molecular weight is 413 g/mol. The van der Waals surface area contributed by atoms with Gasteiger partial charge in [0.1, 0.15) is 10.6 Å². The zero-order chi connectivity index (χ0) is 18.9. The van der Waals surface area contributed by atoms with E-state index >= 15 is 0 Å². The number of halogens is 2. The van der Waals surface area contributed by atoms with Crippen LogP contribution in [-0.4, -0.2) is 41.9 Å². The molecule has 0 fully saturated rings. The molecule has 0 unspecified atom stereocenters. The Bertz CT molecular complexity index is 1010. The number of hydrogen-bond donors (Lipinski definition) is 1. The summed E-state index contributed by atoms with van der Waals surface area (Å²) < 4.78 is 26.9. The Morgan fingerprint density at radius 1 is 1.19 bits per heavy atom. The first-order chi connectivity index (χ1) is 12.3. The summed E-state index contributed by atoms with van der Waals surface area (Å²) in [5.41, 5.74) is 1.29. The molecule has 2 heterocycles. The van der Waals surface area contributed by atoms with Gasteiger partial charge in [0.05, 0.1) is 10.7 Å². The van der Waals surface area contributed by atoms with Gasteiger partial charge in [-0.25, -0.2) is 18.2 Å². The third kappa shape index (κ3) is 3.76. The average Bonchev–Trinajstić information content (AvgIpc) is 2.61. The van der Waals surface area contributed by atoms with E-state index in [0.717, 1.165) is 5.57 Å². The highest BCUT2D eigenvalue weighted by Crippen LogP contribution is 2.30. The Morgan fingerprint density at radius 3 is 2.58 bits per heavy atom. The topological polar surface area (TPSA) is 87.6 Å². The van der Waals surface area contributed by atoms with E-state index in [9.17, 15) is 13.2 Å². The highest BCUT2D eigenvalue weighted by molar-refractivity contribution is 7.89. The van der Waals surface area contributed by atoms with E-state index in [0.29, 0.717) is 17.1 Å². The lowest BCUT2D eigenvalue weighted by molar-refractivity contribution is 0.0690. The molecule has 1 N–H and O–H groups in total. The summed E-state index contributed by atoms with van der Waals surface area (Å²) in [4.78, 5) is 15.1. The summed E-state index contributed by atoms with van der Waals surface area (Å²) in [5.74, 6) is -1.11. The van der Waals surface area contributed by atoms with Crippen molar-refractivity contribution in [2.75, 3.05) is 13.1 Å². The van der Waals surface area contributed by atoms with Gasteiger partial charge in [0.25, 0.3) is 0 Å². The van der Waals surface area contributed by atoms with Crippen LogP contribution in [0.1, 0.15) is 22.6 Å². The molecule has 0 atom stereocenters. The van der Waals surface area contributed by atoms with Crippen LogP contribution in [-0.2, 0) is 10.0 Å². The van der Waals surface area contributed by atoms with Crippen molar-refractivity contribution < 1.29 is 18.3 Å². The van der Waals surface area contributed by atoms with Crippen molar-refractivity contribution in [3.63, 3.8) is 0 Å². The second-order valence-corrected chi connectivity index (χ2v) is 8.38. The fraction of sp³-hybridized carbons (Fsp3) is 0.176. The number of aromatic nitrogens is 1. The van der Waals surface area contributed by atoms with Gasteiger partial charge in [-0.1, -0.05) is 35.3 Å². The van der Waals surface area contributed by atoms with Crippen LogP contribution >= 0.6 is 23.2 Å². The van der Waals surface area contributed by atoms with Gasteiger partial charge in [0, 0.05) is 18.1 Å². The minimum atomic E-state index is -3.75. The van der Waals surface area contributed by atoms with Crippen LogP contribution in [0.5, 0.6) is 0 Å². The van der Waals surface area contributed by atoms with Gasteiger partial charge in [0.15, 0.2) is 0 Å². The third-order valence-corrected chi connectivity index (χ3v) is 6.56. The predicted molar refractivity (Wildman–Crippen MR) is 99.0 cm³/mol. The quantitative estimate of drug-likeness (QED) is 0.828. The summed E-state index contributed by atoms with van der Waals surface area (Å²) in [5, 5.41) is 9.47. The maximum absolute atomic E-state index is 12.8. The second-order valence-electron chi connectivity index (χ2n) is 5.63. The maximum Gasteiger partial charge on any atom is 0.354 e. The van der Waals surface area contributed by atoms with Crippen LogP contribution in [0.2, 0.25) is 10.0 Å². The molecule has 136 valence electrons. The van der Waals surface area contributed by atoms with Gasteiger partial charge in [0.2, 0.25) is 10.0 Å². The van der Waals surface area contributed by atoms with Crippen molar-refractivity contribution in [1.82, 2.24) is 9.29 Å². The molecular formula is C17H14Cl2N2O4S. The van der Waals surface area contributed by atoms with E-state index in [1.54, 1.807) is 18.2 Å². The minimum Gasteiger partial charge on any atom is -0.477 e. The Kier molecular flexibility index (Phi) is 5.34. The van der Waals surface area contributed by atoms with E-state index in [4.69, 9.17) is 28.3 Å². The molecule has 0 saturated heterocycles. The molecule has 0 radical (unpaired) electrons. The number of aromatic carboxylic acids is 1. The zero-order valence-electron chi connectivity index (χ0n) is 13.4. The van der Waals surface area contributed by atoms with Crippen molar-refractivity contribution in [3.8, 4) is 0 Å². The van der Waals surface area contributed by atoms with Gasteiger partial charge in [-0.05, 0) is 42.3 Å². The number of sulfonamides is 1. The summed E-state index contributed by atoms with van der Waals surface area (Å²) in [7, 11) is -3.75. The van der Waals surface area contributed by atoms with Crippen molar-refractivity contribution in [2.45, 2.75) is 11.3 Å². The fourth-order valence-corrected chi connectivity index (χ4v) is 4.78. The number of nitrogens with zero attached hydrogens (tertiary/aromatic N) is 2. The third-order valence-electron chi connectivity index (χ3n) is 3.98. The van der Waals surface area contributed by atoms with Crippen LogP contribution < -0.4 is 0 Å². The van der Waals surface area contributed by atoms with Crippen LogP contribution in [0.25, 0.3) is 5.57 Å². The second kappa shape index (κ2) is 7.36. The number of carboxylic acid groups (broad SMARTS) is 1. The van der Waals surface area contributed by atoms with Crippen LogP contribution in [0.3, 0.4) is 0 Å². The highest BCUT2D eigenvalue weighted by atomic mass is 35.5. The molecule has 0 saturated carbocycles. The number of hydrogen-bond acceptors (Lipinski definition) is 4. The Morgan fingerprint density at radius 2 is 1.96 bits per heavy atom. The molecule has 0 bridgehead atoms. The van der Waals surface area contributed by atoms with Crippen molar-refractivity contribution >= 4 is 44.8 Å². The first-order valence-corrected chi connectivity index (χ1v) is 9.83. The van der Waals surface area contributed by atoms with Crippen molar-refractivity contribution in [1.29, 1.82) is 0 Å². The van der Waals surface area contributed by atoms with E-state index < -0.39 is 16.0 Å². The highest BCUT2D eigenvalue weighted by Gasteiger charge is 2.28. The molecule has 9 heteroatoms. The summed E-state index contributed by atoms with van der Waals surface area (Å²) in [6.07, 6.45) is 2.15. The van der Waals surface area contributed by atoms with Gasteiger partial charge in [-0.3, -0.25) is 0 Å². The molecule has 26 heavy (non-hydrogen) atoms. The first kappa shape index (κ1) is 18.8. The van der Waals surface area contributed by atoms with Crippen LogP contribution in [0, 0.1) is 0 Å². The Balaban J connectivity index is 1.85. The molecule has 1 aromatic carbocycles. The lowest BCUT2D eigenvalue weighted by Crippen LogP contribution is -2.35. The molecule has 0 spiro atoms. The molecule has 0 amide bonds. The van der Waals surface area contributed by atoms with Crippen molar-refractivity contribution in [3.05, 3.63) is 63.9 Å². The molecule has 6 nitrogen and oxygen atoms in total. The smallest absolute Gasteiger partial charge is 0.354 e. The summed E-state index contributed by atoms with van der Waals surface area (Å²) in [6.45, 7) is 0.391. The molecule has 3 rings (SSSR count). The molecule has 1 aliphatic rings. The van der Waals surface area contributed by atoms with Crippen LogP contribution in [0.15, 0.2) is 47.4 Å². The predicted octanol–water partition coefficient (Wildman–Crippen LogP) is 3.56. The lowest BCUT2D eigenvalue weighted by atomic mass is 10.1. The normalized spacial score (nSPS) is 15.5. The molecule has 1 aliphatic heterocycles. The van der Waals surface area contributed by atoms with Gasteiger partial charge >= 0.3 is 5.97 Å². The minimum absolute atomic E-state index is 0.00594. The first-order valence-electron chi connectivity index (χ1n) is 7.64.